The first-order chi connectivity index (χ1) is 18.9. The molecule has 9 atom stereocenters. The van der Waals surface area contributed by atoms with E-state index in [1.807, 2.05) is 0 Å². The molecule has 6 rings (SSSR count). The summed E-state index contributed by atoms with van der Waals surface area (Å²) in [6.07, 6.45) is 0.545. The highest BCUT2D eigenvalue weighted by molar-refractivity contribution is 6.01. The number of hydroxylamine groups is 2. The minimum Gasteiger partial charge on any atom is -0.494 e. The molecular formula is C30H34F3NO6. The Hall–Kier alpha value is -2.53. The summed E-state index contributed by atoms with van der Waals surface area (Å²) in [5.41, 5.74) is -5.74. The molecular weight excluding hydrogens is 527 g/mol. The highest BCUT2D eigenvalue weighted by Gasteiger charge is 2.79. The molecule has 0 unspecified atom stereocenters. The molecule has 1 aromatic rings. The standard InChI is InChI=1S/C30H34F3NO6/c1-27-7-6-18(36)10-21(27)23(32)11-20-19-9-17-14-34(13-16-4-5-22(31)24(8-16)39-3)40-30(17,26(38)15-35)28(19,2)12-25(37)29(20,27)33/h4-8,10,17,19-20,23,25,35,37H,9,11-15H2,1-3H3/t17-,19-,20-,23-,25-,27-,28-,29-,30-/m0/s1. The molecule has 1 saturated heterocycles. The number of ether oxygens (including phenoxy) is 1. The average molecular weight is 562 g/mol. The molecule has 0 bridgehead atoms. The van der Waals surface area contributed by atoms with E-state index in [-0.39, 0.29) is 37.3 Å². The molecule has 2 N–H and O–H groups in total. The largest absolute Gasteiger partial charge is 0.494 e. The smallest absolute Gasteiger partial charge is 0.192 e. The van der Waals surface area contributed by atoms with Gasteiger partial charge in [-0.3, -0.25) is 14.4 Å². The van der Waals surface area contributed by atoms with Crippen molar-refractivity contribution in [2.45, 2.75) is 63.2 Å². The summed E-state index contributed by atoms with van der Waals surface area (Å²) < 4.78 is 52.2. The Morgan fingerprint density at radius 3 is 2.70 bits per heavy atom. The van der Waals surface area contributed by atoms with Crippen molar-refractivity contribution in [2.75, 3.05) is 20.3 Å². The molecule has 1 heterocycles. The minimum atomic E-state index is -2.27. The van der Waals surface area contributed by atoms with Gasteiger partial charge < -0.3 is 14.9 Å². The molecule has 7 nitrogen and oxygen atoms in total. The van der Waals surface area contributed by atoms with E-state index in [2.05, 4.69) is 0 Å². The fourth-order valence-corrected chi connectivity index (χ4v) is 9.04. The lowest BCUT2D eigenvalue weighted by atomic mass is 9.44. The second-order valence-corrected chi connectivity index (χ2v) is 12.5. The van der Waals surface area contributed by atoms with Gasteiger partial charge in [0.25, 0.3) is 0 Å². The Labute approximate surface area is 230 Å². The number of fused-ring (bicyclic) bond motifs is 7. The van der Waals surface area contributed by atoms with Crippen LogP contribution in [-0.4, -0.2) is 70.6 Å². The molecule has 40 heavy (non-hydrogen) atoms. The van der Waals surface area contributed by atoms with Gasteiger partial charge in [0, 0.05) is 35.8 Å². The average Bonchev–Trinajstić information content (AvgIpc) is 3.39. The number of benzene rings is 1. The number of hydrogen-bond acceptors (Lipinski definition) is 7. The Morgan fingerprint density at radius 1 is 1.25 bits per heavy atom. The van der Waals surface area contributed by atoms with Crippen LogP contribution in [0.5, 0.6) is 5.75 Å². The molecule has 216 valence electrons. The van der Waals surface area contributed by atoms with Crippen molar-refractivity contribution in [1.82, 2.24) is 5.06 Å². The second-order valence-electron chi connectivity index (χ2n) is 12.5. The molecule has 4 aliphatic carbocycles. The van der Waals surface area contributed by atoms with Crippen molar-refractivity contribution in [3.05, 3.63) is 53.4 Å². The Bertz CT molecular complexity index is 1330. The molecule has 0 spiro atoms. The van der Waals surface area contributed by atoms with E-state index in [1.54, 1.807) is 18.1 Å². The molecule has 0 aromatic heterocycles. The number of Topliss-reactive ketones (excluding diaryl/α,β-unsaturated/α-hetero) is 1. The third kappa shape index (κ3) is 3.33. The fraction of sp³-hybridized carbons (Fsp3) is 0.600. The van der Waals surface area contributed by atoms with Crippen LogP contribution < -0.4 is 4.74 Å². The third-order valence-corrected chi connectivity index (χ3v) is 10.8. The highest BCUT2D eigenvalue weighted by Crippen LogP contribution is 2.72. The lowest BCUT2D eigenvalue weighted by molar-refractivity contribution is -0.269. The third-order valence-electron chi connectivity index (χ3n) is 10.8. The molecule has 1 aliphatic heterocycles. The van der Waals surface area contributed by atoms with E-state index in [0.29, 0.717) is 12.0 Å². The lowest BCUT2D eigenvalue weighted by Gasteiger charge is -2.63. The van der Waals surface area contributed by atoms with E-state index < -0.39 is 76.1 Å². The molecule has 0 radical (unpaired) electrons. The number of aliphatic hydroxyl groups is 2. The van der Waals surface area contributed by atoms with Crippen LogP contribution in [0.2, 0.25) is 0 Å². The molecule has 5 aliphatic rings. The Kier molecular flexibility index (Phi) is 6.20. The van der Waals surface area contributed by atoms with Crippen LogP contribution in [0.15, 0.2) is 42.0 Å². The van der Waals surface area contributed by atoms with Crippen LogP contribution in [0.4, 0.5) is 13.2 Å². The van der Waals surface area contributed by atoms with Gasteiger partial charge in [-0.1, -0.05) is 19.1 Å². The van der Waals surface area contributed by atoms with Crippen molar-refractivity contribution in [1.29, 1.82) is 0 Å². The van der Waals surface area contributed by atoms with E-state index in [0.717, 1.165) is 6.08 Å². The van der Waals surface area contributed by atoms with E-state index in [4.69, 9.17) is 9.57 Å². The Balaban J connectivity index is 1.38. The maximum absolute atomic E-state index is 17.4. The zero-order valence-corrected chi connectivity index (χ0v) is 22.7. The van der Waals surface area contributed by atoms with Gasteiger partial charge in [0.05, 0.1) is 13.2 Å². The number of carbonyl (C=O) groups excluding carboxylic acids is 2. The highest BCUT2D eigenvalue weighted by atomic mass is 19.1. The number of nitrogens with zero attached hydrogens (tertiary/aromatic N) is 1. The number of allylic oxidation sites excluding steroid dienone is 4. The van der Waals surface area contributed by atoms with E-state index in [9.17, 15) is 24.2 Å². The van der Waals surface area contributed by atoms with Gasteiger partial charge in [-0.15, -0.1) is 0 Å². The van der Waals surface area contributed by atoms with Gasteiger partial charge in [-0.05, 0) is 67.5 Å². The monoisotopic (exact) mass is 561 g/mol. The predicted molar refractivity (Wildman–Crippen MR) is 137 cm³/mol. The fourth-order valence-electron chi connectivity index (χ4n) is 9.04. The van der Waals surface area contributed by atoms with E-state index >= 15 is 8.78 Å². The van der Waals surface area contributed by atoms with Crippen LogP contribution in [0.25, 0.3) is 0 Å². The second kappa shape index (κ2) is 8.98. The summed E-state index contributed by atoms with van der Waals surface area (Å²) in [4.78, 5) is 32.1. The van der Waals surface area contributed by atoms with Crippen molar-refractivity contribution < 1.29 is 42.5 Å². The summed E-state index contributed by atoms with van der Waals surface area (Å²) >= 11 is 0. The van der Waals surface area contributed by atoms with Crippen molar-refractivity contribution in [2.24, 2.45) is 28.6 Å². The van der Waals surface area contributed by atoms with Gasteiger partial charge in [-0.25, -0.2) is 13.2 Å². The summed E-state index contributed by atoms with van der Waals surface area (Å²) in [7, 11) is 1.36. The number of ketones is 2. The predicted octanol–water partition coefficient (Wildman–Crippen LogP) is 3.43. The summed E-state index contributed by atoms with van der Waals surface area (Å²) in [5, 5.41) is 23.2. The van der Waals surface area contributed by atoms with Crippen LogP contribution in [0, 0.1) is 34.4 Å². The van der Waals surface area contributed by atoms with Crippen molar-refractivity contribution in [3.63, 3.8) is 0 Å². The zero-order chi connectivity index (χ0) is 28.8. The van der Waals surface area contributed by atoms with Gasteiger partial charge >= 0.3 is 0 Å². The maximum Gasteiger partial charge on any atom is 0.192 e. The molecule has 3 saturated carbocycles. The summed E-state index contributed by atoms with van der Waals surface area (Å²) in [6.45, 7) is 2.98. The molecule has 4 fully saturated rings. The van der Waals surface area contributed by atoms with Gasteiger partial charge in [0.15, 0.2) is 34.4 Å². The number of carbonyl (C=O) groups is 2. The van der Waals surface area contributed by atoms with Crippen molar-refractivity contribution in [3.8, 4) is 5.75 Å². The number of aliphatic hydroxyl groups excluding tert-OH is 2. The number of rotatable bonds is 5. The number of halogens is 3. The van der Waals surface area contributed by atoms with Crippen LogP contribution in [0.1, 0.15) is 38.7 Å². The lowest BCUT2D eigenvalue weighted by Crippen LogP contribution is -2.70. The number of alkyl halides is 2. The van der Waals surface area contributed by atoms with Crippen molar-refractivity contribution >= 4 is 11.6 Å². The topological polar surface area (TPSA) is 96.3 Å². The van der Waals surface area contributed by atoms with Crippen LogP contribution in [0.3, 0.4) is 0 Å². The SMILES string of the molecule is COc1cc(CN2C[C@@H]3C[C@H]4[C@@H]5C[C@H](F)C6=CC(=O)C=C[C@]6(C)[C@@]5(F)[C@@H](O)C[C@]4(C)[C@]3(C(=O)CO)O2)ccc1F. The minimum absolute atomic E-state index is 0.0397. The van der Waals surface area contributed by atoms with Gasteiger partial charge in [0.2, 0.25) is 0 Å². The molecule has 10 heteroatoms. The zero-order valence-electron chi connectivity index (χ0n) is 22.7. The summed E-state index contributed by atoms with van der Waals surface area (Å²) in [5.74, 6) is -3.37. The maximum atomic E-state index is 17.4. The van der Waals surface area contributed by atoms with Crippen LogP contribution in [-0.2, 0) is 21.0 Å². The number of hydrogen-bond donors (Lipinski definition) is 2. The first kappa shape index (κ1) is 27.6. The normalized spacial score (nSPS) is 44.0. The quantitative estimate of drug-likeness (QED) is 0.569. The van der Waals surface area contributed by atoms with Gasteiger partial charge in [-0.2, -0.15) is 5.06 Å². The first-order valence-electron chi connectivity index (χ1n) is 13.7. The van der Waals surface area contributed by atoms with E-state index in [1.165, 1.54) is 38.3 Å². The summed E-state index contributed by atoms with van der Waals surface area (Å²) in [6, 6.07) is 4.40. The molecule has 0 amide bonds. The molecule has 1 aromatic carbocycles. The first-order valence-corrected chi connectivity index (χ1v) is 13.7. The number of methoxy groups -OCH3 is 1. The van der Waals surface area contributed by atoms with Gasteiger partial charge in [0.1, 0.15) is 12.8 Å². The Morgan fingerprint density at radius 2 is 2.00 bits per heavy atom. The van der Waals surface area contributed by atoms with Crippen LogP contribution >= 0.6 is 0 Å².